The average molecular weight is 304 g/mol. The number of pyridine rings is 1. The summed E-state index contributed by atoms with van der Waals surface area (Å²) in [6.07, 6.45) is 2.20. The van der Waals surface area contributed by atoms with E-state index in [1.54, 1.807) is 0 Å². The number of nitrogens with one attached hydrogen (secondary N) is 1. The van der Waals surface area contributed by atoms with Gasteiger partial charge in [-0.2, -0.15) is 0 Å². The molecule has 0 radical (unpaired) electrons. The third-order valence-electron chi connectivity index (χ3n) is 3.64. The Bertz CT molecular complexity index is 700. The fourth-order valence-corrected chi connectivity index (χ4v) is 3.29. The maximum atomic E-state index is 12.8. The van der Waals surface area contributed by atoms with Crippen molar-refractivity contribution >= 4 is 16.5 Å². The highest BCUT2D eigenvalue weighted by molar-refractivity contribution is 7.18. The predicted octanol–water partition coefficient (Wildman–Crippen LogP) is 3.26. The van der Waals surface area contributed by atoms with Crippen molar-refractivity contribution in [3.05, 3.63) is 28.2 Å². The quantitative estimate of drug-likeness (QED) is 0.921. The van der Waals surface area contributed by atoms with Gasteiger partial charge in [-0.1, -0.05) is 25.2 Å². The van der Waals surface area contributed by atoms with Crippen molar-refractivity contribution in [2.75, 3.05) is 11.9 Å². The molecule has 21 heavy (non-hydrogen) atoms. The Morgan fingerprint density at radius 2 is 2.14 bits per heavy atom. The molecule has 1 aliphatic rings. The monoisotopic (exact) mass is 304 g/mol. The maximum Gasteiger partial charge on any atom is 0.261 e. The summed E-state index contributed by atoms with van der Waals surface area (Å²) < 4.78 is 1.97. The predicted molar refractivity (Wildman–Crippen MR) is 86.1 cm³/mol. The first-order chi connectivity index (χ1) is 10.1. The van der Waals surface area contributed by atoms with Gasteiger partial charge in [-0.15, -0.1) is 10.2 Å². The van der Waals surface area contributed by atoms with Crippen LogP contribution in [0.25, 0.3) is 10.6 Å². The van der Waals surface area contributed by atoms with E-state index in [0.29, 0.717) is 22.5 Å². The van der Waals surface area contributed by atoms with Gasteiger partial charge < -0.3 is 9.88 Å². The minimum absolute atomic E-state index is 0.0721. The molecule has 6 heteroatoms. The van der Waals surface area contributed by atoms with E-state index in [2.05, 4.69) is 35.4 Å². The van der Waals surface area contributed by atoms with Crippen LogP contribution in [0.2, 0.25) is 0 Å². The van der Waals surface area contributed by atoms with E-state index in [9.17, 15) is 4.79 Å². The highest BCUT2D eigenvalue weighted by atomic mass is 32.1. The van der Waals surface area contributed by atoms with Gasteiger partial charge in [0.15, 0.2) is 5.01 Å². The van der Waals surface area contributed by atoms with Crippen molar-refractivity contribution in [1.29, 1.82) is 0 Å². The molecule has 0 saturated heterocycles. The van der Waals surface area contributed by atoms with E-state index >= 15 is 0 Å². The molecule has 1 aliphatic carbocycles. The SMILES string of the molecule is CCNc1nnc(-c2ccc(C(C)C)n(C3CC3)c2=O)s1. The van der Waals surface area contributed by atoms with E-state index in [0.717, 1.165) is 30.2 Å². The molecule has 2 aromatic rings. The molecular weight excluding hydrogens is 284 g/mol. The van der Waals surface area contributed by atoms with Crippen LogP contribution in [0.5, 0.6) is 0 Å². The summed E-state index contributed by atoms with van der Waals surface area (Å²) in [7, 11) is 0. The standard InChI is InChI=1S/C15H20N4OS/c1-4-16-15-18-17-13(21-15)11-7-8-12(9(2)3)19(14(11)20)10-5-6-10/h7-10H,4-6H2,1-3H3,(H,16,18). The zero-order valence-electron chi connectivity index (χ0n) is 12.6. The zero-order valence-corrected chi connectivity index (χ0v) is 13.4. The number of aromatic nitrogens is 3. The molecule has 0 amide bonds. The van der Waals surface area contributed by atoms with Crippen LogP contribution in [-0.4, -0.2) is 21.3 Å². The van der Waals surface area contributed by atoms with Crippen molar-refractivity contribution in [2.24, 2.45) is 0 Å². The molecule has 1 saturated carbocycles. The minimum Gasteiger partial charge on any atom is -0.360 e. The molecule has 0 unspecified atom stereocenters. The lowest BCUT2D eigenvalue weighted by atomic mass is 10.1. The summed E-state index contributed by atoms with van der Waals surface area (Å²) in [5.41, 5.74) is 1.85. The lowest BCUT2D eigenvalue weighted by Gasteiger charge is -2.15. The maximum absolute atomic E-state index is 12.8. The Hall–Kier alpha value is -1.69. The fourth-order valence-electron chi connectivity index (χ4n) is 2.46. The van der Waals surface area contributed by atoms with Crippen molar-refractivity contribution < 1.29 is 0 Å². The second kappa shape index (κ2) is 5.60. The van der Waals surface area contributed by atoms with Crippen LogP contribution < -0.4 is 10.9 Å². The Balaban J connectivity index is 2.06. The third-order valence-corrected chi connectivity index (χ3v) is 4.55. The summed E-state index contributed by atoms with van der Waals surface area (Å²) in [6.45, 7) is 7.06. The number of hydrogen-bond donors (Lipinski definition) is 1. The second-order valence-electron chi connectivity index (χ2n) is 5.68. The average Bonchev–Trinajstić information content (AvgIpc) is 3.18. The lowest BCUT2D eigenvalue weighted by Crippen LogP contribution is -2.24. The van der Waals surface area contributed by atoms with E-state index in [1.807, 2.05) is 17.6 Å². The molecule has 1 N–H and O–H groups in total. The summed E-state index contributed by atoms with van der Waals surface area (Å²) in [5, 5.41) is 12.8. The summed E-state index contributed by atoms with van der Waals surface area (Å²) in [5.74, 6) is 0.346. The van der Waals surface area contributed by atoms with Gasteiger partial charge in [0.2, 0.25) is 5.13 Å². The topological polar surface area (TPSA) is 59.8 Å². The smallest absolute Gasteiger partial charge is 0.261 e. The first-order valence-electron chi connectivity index (χ1n) is 7.45. The normalized spacial score (nSPS) is 14.7. The molecule has 5 nitrogen and oxygen atoms in total. The molecule has 0 atom stereocenters. The molecule has 0 aliphatic heterocycles. The molecule has 0 bridgehead atoms. The molecular formula is C15H20N4OS. The van der Waals surface area contributed by atoms with Gasteiger partial charge in [-0.3, -0.25) is 4.79 Å². The van der Waals surface area contributed by atoms with Gasteiger partial charge >= 0.3 is 0 Å². The summed E-state index contributed by atoms with van der Waals surface area (Å²) in [4.78, 5) is 12.8. The van der Waals surface area contributed by atoms with Crippen LogP contribution in [0.3, 0.4) is 0 Å². The van der Waals surface area contributed by atoms with Crippen LogP contribution >= 0.6 is 11.3 Å². The van der Waals surface area contributed by atoms with Gasteiger partial charge in [0, 0.05) is 18.3 Å². The van der Waals surface area contributed by atoms with Crippen molar-refractivity contribution in [3.8, 4) is 10.6 Å². The molecule has 1 fully saturated rings. The van der Waals surface area contributed by atoms with Crippen LogP contribution in [0.4, 0.5) is 5.13 Å². The zero-order chi connectivity index (χ0) is 15.0. The Morgan fingerprint density at radius 3 is 2.76 bits per heavy atom. The molecule has 0 aromatic carbocycles. The van der Waals surface area contributed by atoms with Crippen LogP contribution in [0.15, 0.2) is 16.9 Å². The minimum atomic E-state index is 0.0721. The van der Waals surface area contributed by atoms with Gasteiger partial charge in [0.05, 0.1) is 5.56 Å². The number of nitrogens with zero attached hydrogens (tertiary/aromatic N) is 3. The molecule has 112 valence electrons. The highest BCUT2D eigenvalue weighted by Gasteiger charge is 2.28. The van der Waals surface area contributed by atoms with Crippen LogP contribution in [-0.2, 0) is 0 Å². The van der Waals surface area contributed by atoms with Crippen molar-refractivity contribution in [2.45, 2.75) is 45.6 Å². The fraction of sp³-hybridized carbons (Fsp3) is 0.533. The van der Waals surface area contributed by atoms with Crippen LogP contribution in [0, 0.1) is 0 Å². The van der Waals surface area contributed by atoms with E-state index in [1.165, 1.54) is 11.3 Å². The number of hydrogen-bond acceptors (Lipinski definition) is 5. The number of rotatable bonds is 5. The van der Waals surface area contributed by atoms with Crippen molar-refractivity contribution in [1.82, 2.24) is 14.8 Å². The Morgan fingerprint density at radius 1 is 1.38 bits per heavy atom. The van der Waals surface area contributed by atoms with E-state index in [-0.39, 0.29) is 5.56 Å². The lowest BCUT2D eigenvalue weighted by molar-refractivity contribution is 0.627. The highest BCUT2D eigenvalue weighted by Crippen LogP contribution is 2.37. The first-order valence-corrected chi connectivity index (χ1v) is 8.26. The van der Waals surface area contributed by atoms with Crippen molar-refractivity contribution in [3.63, 3.8) is 0 Å². The largest absolute Gasteiger partial charge is 0.360 e. The molecule has 2 heterocycles. The van der Waals surface area contributed by atoms with Gasteiger partial charge in [-0.05, 0) is 37.8 Å². The summed E-state index contributed by atoms with van der Waals surface area (Å²) in [6, 6.07) is 4.33. The summed E-state index contributed by atoms with van der Waals surface area (Å²) >= 11 is 1.43. The van der Waals surface area contributed by atoms with Gasteiger partial charge in [0.25, 0.3) is 5.56 Å². The van der Waals surface area contributed by atoms with E-state index in [4.69, 9.17) is 0 Å². The number of anilines is 1. The molecule has 2 aromatic heterocycles. The molecule has 3 rings (SSSR count). The first kappa shape index (κ1) is 14.3. The Labute approximate surface area is 128 Å². The second-order valence-corrected chi connectivity index (χ2v) is 6.65. The van der Waals surface area contributed by atoms with Gasteiger partial charge in [-0.25, -0.2) is 0 Å². The van der Waals surface area contributed by atoms with E-state index < -0.39 is 0 Å². The van der Waals surface area contributed by atoms with Crippen LogP contribution in [0.1, 0.15) is 51.3 Å². The Kier molecular flexibility index (Phi) is 3.80. The third kappa shape index (κ3) is 2.72. The van der Waals surface area contributed by atoms with Gasteiger partial charge in [0.1, 0.15) is 0 Å². The molecule has 0 spiro atoms.